The zero-order chi connectivity index (χ0) is 51.7. The first kappa shape index (κ1) is 66.2. The van der Waals surface area contributed by atoms with Crippen LogP contribution in [0.1, 0.15) is 264 Å². The molecule has 6 atom stereocenters. The van der Waals surface area contributed by atoms with Crippen molar-refractivity contribution in [3.63, 3.8) is 0 Å². The third-order valence-corrected chi connectivity index (χ3v) is 13.4. The molecule has 1 fully saturated rings. The van der Waals surface area contributed by atoms with Gasteiger partial charge in [-0.05, 0) is 51.4 Å². The fourth-order valence-corrected chi connectivity index (χ4v) is 8.93. The Hall–Kier alpha value is -2.83. The maximum Gasteiger partial charge on any atom is 0.335 e. The number of esters is 2. The molecule has 71 heavy (non-hydrogen) atoms. The van der Waals surface area contributed by atoms with Crippen LogP contribution in [-0.4, -0.2) is 88.4 Å². The van der Waals surface area contributed by atoms with Gasteiger partial charge in [0.15, 0.2) is 18.5 Å². The van der Waals surface area contributed by atoms with E-state index in [0.717, 1.165) is 70.6 Å². The van der Waals surface area contributed by atoms with Gasteiger partial charge in [0.1, 0.15) is 24.9 Å². The molecule has 0 aliphatic carbocycles. The van der Waals surface area contributed by atoms with Gasteiger partial charge in [-0.1, -0.05) is 249 Å². The number of unbranched alkanes of at least 4 members (excludes halogenated alkanes) is 31. The molecule has 0 aromatic heterocycles. The Bertz CT molecular complexity index is 1360. The molecule has 11 heteroatoms. The first-order valence-corrected chi connectivity index (χ1v) is 29.2. The maximum absolute atomic E-state index is 12.9. The van der Waals surface area contributed by atoms with Crippen molar-refractivity contribution in [2.75, 3.05) is 13.2 Å². The van der Waals surface area contributed by atoms with E-state index in [4.69, 9.17) is 18.9 Å². The first-order valence-electron chi connectivity index (χ1n) is 29.2. The predicted molar refractivity (Wildman–Crippen MR) is 289 cm³/mol. The van der Waals surface area contributed by atoms with Gasteiger partial charge >= 0.3 is 17.9 Å². The molecule has 0 aromatic rings. The summed E-state index contributed by atoms with van der Waals surface area (Å²) in [5.41, 5.74) is 0. The number of hydrogen-bond acceptors (Lipinski definition) is 10. The van der Waals surface area contributed by atoms with E-state index in [0.29, 0.717) is 12.8 Å². The number of carboxylic acids is 1. The van der Waals surface area contributed by atoms with Gasteiger partial charge < -0.3 is 39.4 Å². The highest BCUT2D eigenvalue weighted by atomic mass is 16.7. The highest BCUT2D eigenvalue weighted by Gasteiger charge is 2.47. The SMILES string of the molecule is CC/C=C\C/C=C\C/C=C\C/C=C\CCCCCCCCCCC(=O)OCC(COC1OC(C(=O)O)C(O)C(O)C1O)OC(=O)CCCCCCCCCCCCCCCCCCCCCCCCCC. The molecule has 412 valence electrons. The van der Waals surface area contributed by atoms with Crippen molar-refractivity contribution < 1.29 is 53.8 Å². The lowest BCUT2D eigenvalue weighted by Gasteiger charge is -2.38. The Balaban J connectivity index is 2.23. The monoisotopic (exact) mass is 1000 g/mol. The molecular weight excluding hydrogens is 897 g/mol. The molecule has 6 unspecified atom stereocenters. The van der Waals surface area contributed by atoms with Crippen LogP contribution in [0.15, 0.2) is 48.6 Å². The van der Waals surface area contributed by atoms with Crippen molar-refractivity contribution in [1.82, 2.24) is 0 Å². The van der Waals surface area contributed by atoms with E-state index in [1.54, 1.807) is 0 Å². The van der Waals surface area contributed by atoms with E-state index in [1.165, 1.54) is 154 Å². The molecule has 11 nitrogen and oxygen atoms in total. The van der Waals surface area contributed by atoms with E-state index in [-0.39, 0.29) is 19.4 Å². The van der Waals surface area contributed by atoms with Crippen LogP contribution >= 0.6 is 0 Å². The van der Waals surface area contributed by atoms with Gasteiger partial charge in [-0.2, -0.15) is 0 Å². The van der Waals surface area contributed by atoms with Crippen molar-refractivity contribution in [1.29, 1.82) is 0 Å². The molecule has 1 heterocycles. The number of ether oxygens (including phenoxy) is 4. The third-order valence-electron chi connectivity index (χ3n) is 13.4. The smallest absolute Gasteiger partial charge is 0.335 e. The molecular formula is C60H106O11. The number of carbonyl (C=O) groups excluding carboxylic acids is 2. The number of aliphatic hydroxyl groups excluding tert-OH is 3. The van der Waals surface area contributed by atoms with Gasteiger partial charge in [0.05, 0.1) is 6.61 Å². The quantitative estimate of drug-likeness (QED) is 0.0260. The number of aliphatic hydroxyl groups is 3. The highest BCUT2D eigenvalue weighted by Crippen LogP contribution is 2.23. The van der Waals surface area contributed by atoms with E-state index in [2.05, 4.69) is 62.5 Å². The predicted octanol–water partition coefficient (Wildman–Crippen LogP) is 14.8. The van der Waals surface area contributed by atoms with Crippen molar-refractivity contribution in [2.45, 2.75) is 301 Å². The molecule has 0 aromatic carbocycles. The van der Waals surface area contributed by atoms with E-state index >= 15 is 0 Å². The van der Waals surface area contributed by atoms with Crippen molar-refractivity contribution >= 4 is 17.9 Å². The summed E-state index contributed by atoms with van der Waals surface area (Å²) in [5.74, 6) is -2.44. The van der Waals surface area contributed by atoms with Crippen molar-refractivity contribution in [2.24, 2.45) is 0 Å². The van der Waals surface area contributed by atoms with Crippen molar-refractivity contribution in [3.8, 4) is 0 Å². The minimum absolute atomic E-state index is 0.184. The Kier molecular flexibility index (Phi) is 46.0. The van der Waals surface area contributed by atoms with Gasteiger partial charge in [0.2, 0.25) is 0 Å². The first-order chi connectivity index (χ1) is 34.7. The number of allylic oxidation sites excluding steroid dienone is 8. The van der Waals surface area contributed by atoms with Crippen LogP contribution in [0.5, 0.6) is 0 Å². The van der Waals surface area contributed by atoms with Crippen LogP contribution in [0.2, 0.25) is 0 Å². The Morgan fingerprint density at radius 2 is 0.831 bits per heavy atom. The van der Waals surface area contributed by atoms with Crippen LogP contribution in [0.3, 0.4) is 0 Å². The zero-order valence-electron chi connectivity index (χ0n) is 45.2. The van der Waals surface area contributed by atoms with Crippen molar-refractivity contribution in [3.05, 3.63) is 48.6 Å². The summed E-state index contributed by atoms with van der Waals surface area (Å²) in [4.78, 5) is 37.1. The summed E-state index contributed by atoms with van der Waals surface area (Å²) in [7, 11) is 0. The minimum atomic E-state index is -1.86. The lowest BCUT2D eigenvalue weighted by Crippen LogP contribution is -2.60. The van der Waals surface area contributed by atoms with Gasteiger partial charge in [-0.3, -0.25) is 9.59 Å². The number of rotatable bonds is 50. The lowest BCUT2D eigenvalue weighted by molar-refractivity contribution is -0.298. The zero-order valence-corrected chi connectivity index (χ0v) is 45.2. The molecule has 1 aliphatic rings. The van der Waals surface area contributed by atoms with Crippen LogP contribution in [-0.2, 0) is 33.3 Å². The maximum atomic E-state index is 12.9. The minimum Gasteiger partial charge on any atom is -0.479 e. The molecule has 4 N–H and O–H groups in total. The number of aliphatic carboxylic acids is 1. The van der Waals surface area contributed by atoms with Gasteiger partial charge in [0, 0.05) is 12.8 Å². The average molecular weight is 1000 g/mol. The highest BCUT2D eigenvalue weighted by molar-refractivity contribution is 5.73. The standard InChI is InChI=1S/C60H106O11/c1-3-5-7-9-11-13-15-17-19-21-23-25-26-27-29-31-33-35-37-39-41-43-45-47-49-54(62)70-52(51-69-60-57(65)55(63)56(64)58(71-60)59(66)67)50-68-53(61)48-46-44-42-40-38-36-34-32-30-28-24-22-20-18-16-14-12-10-8-6-4-2/h6,8,12,14,18,20,24,28,52,55-58,60,63-65H,3-5,7,9-11,13,15-17,19,21-23,25-27,29-51H2,1-2H3,(H,66,67)/b8-6-,14-12-,20-18-,28-24-. The van der Waals surface area contributed by atoms with E-state index < -0.39 is 61.3 Å². The van der Waals surface area contributed by atoms with E-state index in [1.807, 2.05) is 0 Å². The second-order valence-electron chi connectivity index (χ2n) is 20.1. The fourth-order valence-electron chi connectivity index (χ4n) is 8.93. The molecule has 0 radical (unpaired) electrons. The Morgan fingerprint density at radius 1 is 0.451 bits per heavy atom. The number of carbonyl (C=O) groups is 3. The van der Waals surface area contributed by atoms with Crippen LogP contribution in [0.25, 0.3) is 0 Å². The van der Waals surface area contributed by atoms with Gasteiger partial charge in [-0.15, -0.1) is 0 Å². The molecule has 1 rings (SSSR count). The summed E-state index contributed by atoms with van der Waals surface area (Å²) < 4.78 is 21.9. The molecule has 0 spiro atoms. The fraction of sp³-hybridized carbons (Fsp3) is 0.817. The van der Waals surface area contributed by atoms with Crippen LogP contribution < -0.4 is 0 Å². The lowest BCUT2D eigenvalue weighted by atomic mass is 9.99. The topological polar surface area (TPSA) is 169 Å². The molecule has 0 bridgehead atoms. The summed E-state index contributed by atoms with van der Waals surface area (Å²) in [6.45, 7) is 3.75. The summed E-state index contributed by atoms with van der Waals surface area (Å²) >= 11 is 0. The molecule has 1 aliphatic heterocycles. The Labute approximate surface area is 433 Å². The summed E-state index contributed by atoms with van der Waals surface area (Å²) in [6, 6.07) is 0. The number of hydrogen-bond donors (Lipinski definition) is 4. The molecule has 0 amide bonds. The van der Waals surface area contributed by atoms with Crippen LogP contribution in [0.4, 0.5) is 0 Å². The number of carboxylic acid groups (broad SMARTS) is 1. The van der Waals surface area contributed by atoms with Crippen LogP contribution in [0, 0.1) is 0 Å². The average Bonchev–Trinajstić information content (AvgIpc) is 3.36. The molecule has 0 saturated carbocycles. The van der Waals surface area contributed by atoms with E-state index in [9.17, 15) is 34.8 Å². The normalized spacial score (nSPS) is 18.9. The largest absolute Gasteiger partial charge is 0.479 e. The Morgan fingerprint density at radius 3 is 1.25 bits per heavy atom. The second kappa shape index (κ2) is 49.4. The summed E-state index contributed by atoms with van der Waals surface area (Å²) in [5, 5.41) is 40.1. The van der Waals surface area contributed by atoms with Gasteiger partial charge in [0.25, 0.3) is 0 Å². The summed E-state index contributed by atoms with van der Waals surface area (Å²) in [6.07, 6.45) is 53.1. The second-order valence-corrected chi connectivity index (χ2v) is 20.1. The molecule has 1 saturated heterocycles. The van der Waals surface area contributed by atoms with Gasteiger partial charge in [-0.25, -0.2) is 4.79 Å². The third kappa shape index (κ3) is 40.3.